The molecule has 26 heavy (non-hydrogen) atoms. The fourth-order valence-corrected chi connectivity index (χ4v) is 3.94. The van der Waals surface area contributed by atoms with Gasteiger partial charge in [0.15, 0.2) is 0 Å². The van der Waals surface area contributed by atoms with Gasteiger partial charge >= 0.3 is 0 Å². The summed E-state index contributed by atoms with van der Waals surface area (Å²) >= 11 is 0. The van der Waals surface area contributed by atoms with E-state index in [0.717, 1.165) is 11.8 Å². The summed E-state index contributed by atoms with van der Waals surface area (Å²) in [7, 11) is -3.34. The highest BCUT2D eigenvalue weighted by molar-refractivity contribution is 7.92. The number of aliphatic hydroxyl groups is 1. The zero-order valence-electron chi connectivity index (χ0n) is 14.1. The van der Waals surface area contributed by atoms with E-state index in [1.165, 1.54) is 22.5 Å². The number of carbonyl (C=O) groups excluding carboxylic acids is 1. The number of anilines is 1. The molecular formula is C18H19FN2O4S. The van der Waals surface area contributed by atoms with Gasteiger partial charge in [-0.1, -0.05) is 12.1 Å². The van der Waals surface area contributed by atoms with Crippen molar-refractivity contribution >= 4 is 21.6 Å². The van der Waals surface area contributed by atoms with E-state index in [2.05, 4.69) is 5.32 Å². The number of rotatable bonds is 5. The number of nitrogens with zero attached hydrogens (tertiary/aromatic N) is 1. The summed E-state index contributed by atoms with van der Waals surface area (Å²) in [6, 6.07) is 10.4. The lowest BCUT2D eigenvalue weighted by Crippen LogP contribution is -2.29. The lowest BCUT2D eigenvalue weighted by Gasteiger charge is -2.16. The maximum absolute atomic E-state index is 13.2. The normalized spacial score (nSPS) is 14.8. The van der Waals surface area contributed by atoms with Crippen molar-refractivity contribution in [2.24, 2.45) is 0 Å². The molecule has 138 valence electrons. The average molecular weight is 378 g/mol. The first-order valence-electron chi connectivity index (χ1n) is 8.08. The van der Waals surface area contributed by atoms with Gasteiger partial charge in [0, 0.05) is 18.7 Å². The molecule has 3 rings (SSSR count). The van der Waals surface area contributed by atoms with Crippen LogP contribution >= 0.6 is 0 Å². The predicted molar refractivity (Wildman–Crippen MR) is 96.0 cm³/mol. The minimum atomic E-state index is -3.34. The lowest BCUT2D eigenvalue weighted by atomic mass is 10.1. The molecule has 2 N–H and O–H groups in total. The second kappa shape index (κ2) is 7.05. The summed E-state index contributed by atoms with van der Waals surface area (Å²) in [5.41, 5.74) is 2.13. The highest BCUT2D eigenvalue weighted by Gasteiger charge is 2.26. The molecule has 6 nitrogen and oxygen atoms in total. The Morgan fingerprint density at radius 1 is 1.31 bits per heavy atom. The molecular weight excluding hydrogens is 359 g/mol. The van der Waals surface area contributed by atoms with E-state index < -0.39 is 21.9 Å². The molecule has 0 saturated carbocycles. The van der Waals surface area contributed by atoms with E-state index in [1.807, 2.05) is 0 Å². The van der Waals surface area contributed by atoms with Crippen LogP contribution in [0, 0.1) is 5.82 Å². The van der Waals surface area contributed by atoms with Crippen LogP contribution in [-0.4, -0.2) is 38.8 Å². The molecule has 0 aliphatic carbocycles. The fraction of sp³-hybridized carbons (Fsp3) is 0.278. The Morgan fingerprint density at radius 3 is 2.77 bits per heavy atom. The van der Waals surface area contributed by atoms with Crippen molar-refractivity contribution in [3.05, 3.63) is 65.0 Å². The molecule has 2 aromatic carbocycles. The van der Waals surface area contributed by atoms with Gasteiger partial charge in [-0.25, -0.2) is 12.8 Å². The van der Waals surface area contributed by atoms with Crippen LogP contribution in [0.5, 0.6) is 0 Å². The van der Waals surface area contributed by atoms with E-state index in [9.17, 15) is 22.7 Å². The number of carbonyl (C=O) groups is 1. The van der Waals surface area contributed by atoms with Crippen LogP contribution in [0.3, 0.4) is 0 Å². The van der Waals surface area contributed by atoms with Gasteiger partial charge in [-0.3, -0.25) is 9.10 Å². The summed E-state index contributed by atoms with van der Waals surface area (Å²) in [5.74, 6) is -0.844. The van der Waals surface area contributed by atoms with Crippen LogP contribution in [0.1, 0.15) is 27.6 Å². The number of fused-ring (bicyclic) bond motifs is 1. The van der Waals surface area contributed by atoms with Gasteiger partial charge in [-0.05, 0) is 47.9 Å². The Kier molecular flexibility index (Phi) is 4.97. The standard InChI is InChI=1S/C18H19FN2O4S/c1-26(24,25)21-8-7-12-9-14(5-6-16(12)21)18(23)20-11-17(22)13-3-2-4-15(19)10-13/h2-6,9-10,17,22H,7-8,11H2,1H3,(H,20,23). The Hall–Kier alpha value is -2.45. The molecule has 1 amide bonds. The number of sulfonamides is 1. The molecule has 0 bridgehead atoms. The van der Waals surface area contributed by atoms with Crippen LogP contribution in [-0.2, 0) is 16.4 Å². The summed E-state index contributed by atoms with van der Waals surface area (Å²) in [6.45, 7) is 0.298. The number of benzene rings is 2. The molecule has 1 aliphatic heterocycles. The van der Waals surface area contributed by atoms with Gasteiger partial charge in [0.05, 0.1) is 18.0 Å². The van der Waals surface area contributed by atoms with Gasteiger partial charge in [0.25, 0.3) is 5.91 Å². The second-order valence-electron chi connectivity index (χ2n) is 6.21. The second-order valence-corrected chi connectivity index (χ2v) is 8.12. The van der Waals surface area contributed by atoms with Crippen molar-refractivity contribution in [1.29, 1.82) is 0 Å². The average Bonchev–Trinajstić information content (AvgIpc) is 3.02. The Balaban J connectivity index is 1.68. The number of hydrogen-bond donors (Lipinski definition) is 2. The molecule has 1 aliphatic rings. The largest absolute Gasteiger partial charge is 0.387 e. The molecule has 0 radical (unpaired) electrons. The van der Waals surface area contributed by atoms with Crippen LogP contribution in [0.2, 0.25) is 0 Å². The van der Waals surface area contributed by atoms with Crippen LogP contribution in [0.15, 0.2) is 42.5 Å². The van der Waals surface area contributed by atoms with E-state index >= 15 is 0 Å². The summed E-state index contributed by atoms with van der Waals surface area (Å²) < 4.78 is 38.0. The van der Waals surface area contributed by atoms with E-state index in [0.29, 0.717) is 29.8 Å². The summed E-state index contributed by atoms with van der Waals surface area (Å²) in [6.07, 6.45) is 0.663. The first-order chi connectivity index (χ1) is 12.3. The topological polar surface area (TPSA) is 86.7 Å². The molecule has 0 fully saturated rings. The number of hydrogen-bond acceptors (Lipinski definition) is 4. The Labute approximate surface area is 151 Å². The first kappa shape index (κ1) is 18.3. The number of nitrogens with one attached hydrogen (secondary N) is 1. The predicted octanol–water partition coefficient (Wildman–Crippen LogP) is 1.61. The molecule has 0 saturated heterocycles. The van der Waals surface area contributed by atoms with Gasteiger partial charge in [0.1, 0.15) is 5.82 Å². The number of aliphatic hydroxyl groups excluding tert-OH is 1. The molecule has 1 unspecified atom stereocenters. The SMILES string of the molecule is CS(=O)(=O)N1CCc2cc(C(=O)NCC(O)c3cccc(F)c3)ccc21. The van der Waals surface area contributed by atoms with Crippen molar-refractivity contribution in [3.8, 4) is 0 Å². The van der Waals surface area contributed by atoms with Gasteiger partial charge in [-0.2, -0.15) is 0 Å². The maximum atomic E-state index is 13.2. The number of halogens is 1. The molecule has 1 atom stereocenters. The summed E-state index contributed by atoms with van der Waals surface area (Å²) in [4.78, 5) is 12.3. The first-order valence-corrected chi connectivity index (χ1v) is 9.93. The van der Waals surface area contributed by atoms with Crippen molar-refractivity contribution in [2.75, 3.05) is 23.7 Å². The third kappa shape index (κ3) is 3.86. The lowest BCUT2D eigenvalue weighted by molar-refractivity contribution is 0.0916. The summed E-state index contributed by atoms with van der Waals surface area (Å²) in [5, 5.41) is 12.7. The Bertz CT molecular complexity index is 946. The zero-order valence-corrected chi connectivity index (χ0v) is 15.0. The van der Waals surface area contributed by atoms with E-state index in [-0.39, 0.29) is 12.5 Å². The fourth-order valence-electron chi connectivity index (χ4n) is 2.98. The quantitative estimate of drug-likeness (QED) is 0.828. The minimum absolute atomic E-state index is 0.0607. The van der Waals surface area contributed by atoms with Crippen molar-refractivity contribution in [3.63, 3.8) is 0 Å². The van der Waals surface area contributed by atoms with Crippen LogP contribution in [0.25, 0.3) is 0 Å². The van der Waals surface area contributed by atoms with Gasteiger partial charge in [0.2, 0.25) is 10.0 Å². The van der Waals surface area contributed by atoms with E-state index in [1.54, 1.807) is 24.3 Å². The van der Waals surface area contributed by atoms with Crippen LogP contribution in [0.4, 0.5) is 10.1 Å². The molecule has 0 spiro atoms. The van der Waals surface area contributed by atoms with Crippen molar-refractivity contribution in [2.45, 2.75) is 12.5 Å². The monoisotopic (exact) mass is 378 g/mol. The van der Waals surface area contributed by atoms with Crippen molar-refractivity contribution in [1.82, 2.24) is 5.32 Å². The van der Waals surface area contributed by atoms with E-state index in [4.69, 9.17) is 0 Å². The minimum Gasteiger partial charge on any atom is -0.387 e. The van der Waals surface area contributed by atoms with Gasteiger partial charge in [-0.15, -0.1) is 0 Å². The number of amides is 1. The zero-order chi connectivity index (χ0) is 18.9. The third-order valence-electron chi connectivity index (χ3n) is 4.28. The van der Waals surface area contributed by atoms with Gasteiger partial charge < -0.3 is 10.4 Å². The third-order valence-corrected chi connectivity index (χ3v) is 5.46. The molecule has 8 heteroatoms. The highest BCUT2D eigenvalue weighted by atomic mass is 32.2. The maximum Gasteiger partial charge on any atom is 0.251 e. The van der Waals surface area contributed by atoms with Crippen molar-refractivity contribution < 1.29 is 22.7 Å². The molecule has 2 aromatic rings. The van der Waals surface area contributed by atoms with Crippen LogP contribution < -0.4 is 9.62 Å². The highest BCUT2D eigenvalue weighted by Crippen LogP contribution is 2.30. The Morgan fingerprint density at radius 2 is 2.08 bits per heavy atom. The molecule has 0 aromatic heterocycles. The molecule has 1 heterocycles. The smallest absolute Gasteiger partial charge is 0.251 e.